The van der Waals surface area contributed by atoms with Crippen LogP contribution in [0.4, 0.5) is 0 Å². The Morgan fingerprint density at radius 1 is 1.58 bits per heavy atom. The maximum atomic E-state index is 12.1. The lowest BCUT2D eigenvalue weighted by Crippen LogP contribution is -2.53. The molecule has 1 aromatic carbocycles. The largest absolute Gasteiger partial charge is 0.483 e. The van der Waals surface area contributed by atoms with Gasteiger partial charge in [0.2, 0.25) is 0 Å². The number of rotatable bonds is 3. The third kappa shape index (κ3) is 3.39. The van der Waals surface area contributed by atoms with E-state index >= 15 is 0 Å². The normalized spacial score (nSPS) is 19.3. The predicted octanol–water partition coefficient (Wildman–Crippen LogP) is 1.85. The molecule has 1 aliphatic heterocycles. The zero-order chi connectivity index (χ0) is 13.8. The highest BCUT2D eigenvalue weighted by atomic mass is 35.5. The second kappa shape index (κ2) is 6.26. The van der Waals surface area contributed by atoms with E-state index in [1.54, 1.807) is 0 Å². The number of amides is 1. The van der Waals surface area contributed by atoms with Crippen LogP contribution in [-0.4, -0.2) is 43.1 Å². The summed E-state index contributed by atoms with van der Waals surface area (Å²) in [6.45, 7) is 6.39. The fourth-order valence-corrected chi connectivity index (χ4v) is 2.34. The van der Waals surface area contributed by atoms with Gasteiger partial charge in [0.15, 0.2) is 6.61 Å². The monoisotopic (exact) mass is 282 g/mol. The maximum absolute atomic E-state index is 12.1. The van der Waals surface area contributed by atoms with Crippen molar-refractivity contribution < 1.29 is 9.53 Å². The van der Waals surface area contributed by atoms with Gasteiger partial charge in [-0.15, -0.1) is 0 Å². The molecule has 19 heavy (non-hydrogen) atoms. The molecule has 4 nitrogen and oxygen atoms in total. The van der Waals surface area contributed by atoms with E-state index < -0.39 is 0 Å². The van der Waals surface area contributed by atoms with Gasteiger partial charge >= 0.3 is 0 Å². The van der Waals surface area contributed by atoms with Crippen molar-refractivity contribution >= 4 is 17.5 Å². The van der Waals surface area contributed by atoms with Gasteiger partial charge in [-0.2, -0.15) is 0 Å². The van der Waals surface area contributed by atoms with Crippen molar-refractivity contribution in [3.63, 3.8) is 0 Å². The minimum absolute atomic E-state index is 0.0216. The van der Waals surface area contributed by atoms with Gasteiger partial charge in [0.25, 0.3) is 5.91 Å². The molecule has 1 aliphatic rings. The first-order valence-corrected chi connectivity index (χ1v) is 6.85. The lowest BCUT2D eigenvalue weighted by molar-refractivity contribution is -0.136. The highest BCUT2D eigenvalue weighted by molar-refractivity contribution is 6.31. The molecule has 2 rings (SSSR count). The van der Waals surface area contributed by atoms with Crippen LogP contribution in [0, 0.1) is 6.92 Å². The third-order valence-corrected chi connectivity index (χ3v) is 3.80. The molecule has 0 bridgehead atoms. The Balaban J connectivity index is 1.94. The van der Waals surface area contributed by atoms with E-state index in [4.69, 9.17) is 16.3 Å². The number of carbonyl (C=O) groups is 1. The molecule has 1 atom stereocenters. The molecule has 0 aliphatic carbocycles. The van der Waals surface area contributed by atoms with Gasteiger partial charge in [-0.3, -0.25) is 4.79 Å². The van der Waals surface area contributed by atoms with Crippen molar-refractivity contribution in [3.05, 3.63) is 28.8 Å². The van der Waals surface area contributed by atoms with E-state index in [2.05, 4.69) is 5.32 Å². The topological polar surface area (TPSA) is 41.6 Å². The van der Waals surface area contributed by atoms with E-state index in [1.165, 1.54) is 0 Å². The molecule has 5 heteroatoms. The number of halogens is 1. The standard InChI is InChI=1S/C14H19ClN2O2/c1-10-8-16-6-7-17(10)14(18)9-19-13-5-3-4-12(15)11(13)2/h3-5,10,16H,6-9H2,1-2H3/t10-/m1/s1. The third-order valence-electron chi connectivity index (χ3n) is 3.39. The summed E-state index contributed by atoms with van der Waals surface area (Å²) >= 11 is 6.02. The van der Waals surface area contributed by atoms with Crippen molar-refractivity contribution in [2.45, 2.75) is 19.9 Å². The number of hydrogen-bond donors (Lipinski definition) is 1. The van der Waals surface area contributed by atoms with Crippen molar-refractivity contribution in [3.8, 4) is 5.75 Å². The average molecular weight is 283 g/mol. The molecule has 0 spiro atoms. The maximum Gasteiger partial charge on any atom is 0.260 e. The highest BCUT2D eigenvalue weighted by Gasteiger charge is 2.23. The van der Waals surface area contributed by atoms with Crippen LogP contribution in [0.2, 0.25) is 5.02 Å². The fraction of sp³-hybridized carbons (Fsp3) is 0.500. The quantitative estimate of drug-likeness (QED) is 0.920. The van der Waals surface area contributed by atoms with Gasteiger partial charge in [0, 0.05) is 36.3 Å². The summed E-state index contributed by atoms with van der Waals surface area (Å²) in [4.78, 5) is 14.0. The lowest BCUT2D eigenvalue weighted by Gasteiger charge is -2.33. The second-order valence-corrected chi connectivity index (χ2v) is 5.20. The number of carbonyl (C=O) groups excluding carboxylic acids is 1. The zero-order valence-corrected chi connectivity index (χ0v) is 12.0. The Hall–Kier alpha value is -1.26. The van der Waals surface area contributed by atoms with E-state index in [1.807, 2.05) is 36.9 Å². The average Bonchev–Trinajstić information content (AvgIpc) is 2.40. The van der Waals surface area contributed by atoms with Gasteiger partial charge in [-0.25, -0.2) is 0 Å². The van der Waals surface area contributed by atoms with Crippen LogP contribution in [0.1, 0.15) is 12.5 Å². The summed E-state index contributed by atoms with van der Waals surface area (Å²) < 4.78 is 5.58. The molecule has 0 radical (unpaired) electrons. The summed E-state index contributed by atoms with van der Waals surface area (Å²) in [5.74, 6) is 0.692. The van der Waals surface area contributed by atoms with Crippen molar-refractivity contribution in [1.82, 2.24) is 10.2 Å². The van der Waals surface area contributed by atoms with Gasteiger partial charge in [0.1, 0.15) is 5.75 Å². The van der Waals surface area contributed by atoms with Crippen molar-refractivity contribution in [2.24, 2.45) is 0 Å². The van der Waals surface area contributed by atoms with Crippen LogP contribution in [-0.2, 0) is 4.79 Å². The number of benzene rings is 1. The van der Waals surface area contributed by atoms with E-state index in [0.717, 1.165) is 25.2 Å². The van der Waals surface area contributed by atoms with Gasteiger partial charge in [0.05, 0.1) is 0 Å². The molecule has 0 aromatic heterocycles. The summed E-state index contributed by atoms with van der Waals surface area (Å²) in [6, 6.07) is 5.67. The summed E-state index contributed by atoms with van der Waals surface area (Å²) in [6.07, 6.45) is 0. The molecule has 1 aromatic rings. The van der Waals surface area contributed by atoms with Crippen molar-refractivity contribution in [2.75, 3.05) is 26.2 Å². The van der Waals surface area contributed by atoms with Crippen LogP contribution in [0.5, 0.6) is 5.75 Å². The zero-order valence-electron chi connectivity index (χ0n) is 11.3. The minimum Gasteiger partial charge on any atom is -0.483 e. The Labute approximate surface area is 118 Å². The Kier molecular flexibility index (Phi) is 4.66. The van der Waals surface area contributed by atoms with Crippen LogP contribution in [0.25, 0.3) is 0 Å². The molecule has 1 fully saturated rings. The van der Waals surface area contributed by atoms with E-state index in [-0.39, 0.29) is 18.6 Å². The van der Waals surface area contributed by atoms with E-state index in [9.17, 15) is 4.79 Å². The minimum atomic E-state index is 0.0216. The van der Waals surface area contributed by atoms with Crippen LogP contribution in [0.15, 0.2) is 18.2 Å². The first kappa shape index (κ1) is 14.2. The van der Waals surface area contributed by atoms with Crippen LogP contribution >= 0.6 is 11.6 Å². The number of ether oxygens (including phenoxy) is 1. The van der Waals surface area contributed by atoms with Crippen molar-refractivity contribution in [1.29, 1.82) is 0 Å². The first-order valence-electron chi connectivity index (χ1n) is 6.47. The van der Waals surface area contributed by atoms with E-state index in [0.29, 0.717) is 10.8 Å². The van der Waals surface area contributed by atoms with Gasteiger partial charge in [-0.1, -0.05) is 17.7 Å². The molecule has 1 N–H and O–H groups in total. The molecule has 0 saturated carbocycles. The number of piperazine rings is 1. The van der Waals surface area contributed by atoms with Gasteiger partial charge < -0.3 is 15.0 Å². The summed E-state index contributed by atoms with van der Waals surface area (Å²) in [5.41, 5.74) is 0.866. The fourth-order valence-electron chi connectivity index (χ4n) is 2.18. The number of nitrogens with zero attached hydrogens (tertiary/aromatic N) is 1. The lowest BCUT2D eigenvalue weighted by atomic mass is 10.2. The molecular weight excluding hydrogens is 264 g/mol. The number of nitrogens with one attached hydrogen (secondary N) is 1. The molecular formula is C14H19ClN2O2. The smallest absolute Gasteiger partial charge is 0.260 e. The summed E-state index contributed by atoms with van der Waals surface area (Å²) in [5, 5.41) is 3.91. The van der Waals surface area contributed by atoms with Gasteiger partial charge in [-0.05, 0) is 26.0 Å². The summed E-state index contributed by atoms with van der Waals surface area (Å²) in [7, 11) is 0. The Morgan fingerprint density at radius 3 is 3.11 bits per heavy atom. The predicted molar refractivity (Wildman–Crippen MR) is 75.7 cm³/mol. The number of hydrogen-bond acceptors (Lipinski definition) is 3. The molecule has 104 valence electrons. The van der Waals surface area contributed by atoms with Crippen LogP contribution < -0.4 is 10.1 Å². The van der Waals surface area contributed by atoms with Crippen LogP contribution in [0.3, 0.4) is 0 Å². The molecule has 1 heterocycles. The molecule has 1 amide bonds. The first-order chi connectivity index (χ1) is 9.09. The Morgan fingerprint density at radius 2 is 2.37 bits per heavy atom. The molecule has 0 unspecified atom stereocenters. The SMILES string of the molecule is Cc1c(Cl)cccc1OCC(=O)N1CCNC[C@H]1C. The molecule has 1 saturated heterocycles. The Bertz CT molecular complexity index is 465. The second-order valence-electron chi connectivity index (χ2n) is 4.79. The highest BCUT2D eigenvalue weighted by Crippen LogP contribution is 2.25.